The summed E-state index contributed by atoms with van der Waals surface area (Å²) in [5.41, 5.74) is 3.51. The van der Waals surface area contributed by atoms with Crippen LogP contribution in [0.2, 0.25) is 0 Å². The normalized spacial score (nSPS) is 11.2. The van der Waals surface area contributed by atoms with Crippen molar-refractivity contribution in [2.75, 3.05) is 5.32 Å². The Morgan fingerprint density at radius 1 is 1.25 bits per heavy atom. The highest BCUT2D eigenvalue weighted by Crippen LogP contribution is 2.22. The number of rotatable bonds is 5. The van der Waals surface area contributed by atoms with E-state index in [2.05, 4.69) is 5.32 Å². The molecule has 110 valence electrons. The fraction of sp³-hybridized carbons (Fsp3) is 0.385. The highest BCUT2D eigenvalue weighted by molar-refractivity contribution is 5.99. The molecule has 0 unspecified atom stereocenters. The highest BCUT2D eigenvalue weighted by Gasteiger charge is 2.30. The first-order valence-corrected chi connectivity index (χ1v) is 6.07. The Morgan fingerprint density at radius 2 is 1.80 bits per heavy atom. The Morgan fingerprint density at radius 3 is 2.25 bits per heavy atom. The minimum absolute atomic E-state index is 0.323. The Kier molecular flexibility index (Phi) is 4.78. The predicted molar refractivity (Wildman–Crippen MR) is 69.4 cm³/mol. The minimum atomic E-state index is -1.55. The van der Waals surface area contributed by atoms with Crippen LogP contribution in [0.15, 0.2) is 12.1 Å². The summed E-state index contributed by atoms with van der Waals surface area (Å²) in [6.45, 7) is 3.40. The monoisotopic (exact) mass is 286 g/mol. The van der Waals surface area contributed by atoms with Crippen LogP contribution < -0.4 is 11.1 Å². The van der Waals surface area contributed by atoms with Crippen molar-refractivity contribution in [3.05, 3.63) is 29.3 Å². The lowest BCUT2D eigenvalue weighted by Crippen LogP contribution is -2.50. The zero-order valence-corrected chi connectivity index (χ0v) is 11.2. The van der Waals surface area contributed by atoms with Gasteiger partial charge in [-0.2, -0.15) is 0 Å². The van der Waals surface area contributed by atoms with Crippen LogP contribution in [0.3, 0.4) is 0 Å². The van der Waals surface area contributed by atoms with E-state index in [0.29, 0.717) is 18.9 Å². The van der Waals surface area contributed by atoms with Crippen molar-refractivity contribution in [2.45, 2.75) is 32.2 Å². The molecule has 4 N–H and O–H groups in total. The summed E-state index contributed by atoms with van der Waals surface area (Å²) in [5, 5.41) is 11.0. The number of carbonyl (C=O) groups is 2. The standard InChI is InChI=1S/C13H16F2N2O3/c1-3-13(16,4-2)12(20)17-10-5-7(11(18)19)8(14)6-9(10)15/h5-6H,3-4,16H2,1-2H3,(H,17,20)(H,18,19). The molecule has 0 spiro atoms. The molecule has 1 rings (SSSR count). The minimum Gasteiger partial charge on any atom is -0.478 e. The third-order valence-electron chi connectivity index (χ3n) is 3.25. The van der Waals surface area contributed by atoms with Gasteiger partial charge in [-0.3, -0.25) is 4.79 Å². The van der Waals surface area contributed by atoms with Crippen molar-refractivity contribution in [2.24, 2.45) is 5.73 Å². The van der Waals surface area contributed by atoms with Crippen LogP contribution in [-0.2, 0) is 4.79 Å². The molecule has 0 saturated carbocycles. The summed E-state index contributed by atoms with van der Waals surface area (Å²) >= 11 is 0. The summed E-state index contributed by atoms with van der Waals surface area (Å²) in [7, 11) is 0. The highest BCUT2D eigenvalue weighted by atomic mass is 19.1. The molecule has 0 saturated heterocycles. The van der Waals surface area contributed by atoms with Crippen LogP contribution in [0.4, 0.5) is 14.5 Å². The molecule has 5 nitrogen and oxygen atoms in total. The number of hydrogen-bond acceptors (Lipinski definition) is 3. The van der Waals surface area contributed by atoms with Crippen molar-refractivity contribution in [3.8, 4) is 0 Å². The van der Waals surface area contributed by atoms with Gasteiger partial charge in [0.05, 0.1) is 16.8 Å². The van der Waals surface area contributed by atoms with Gasteiger partial charge in [-0.15, -0.1) is 0 Å². The van der Waals surface area contributed by atoms with Crippen LogP contribution in [-0.4, -0.2) is 22.5 Å². The van der Waals surface area contributed by atoms with Gasteiger partial charge in [-0.25, -0.2) is 13.6 Å². The van der Waals surface area contributed by atoms with Gasteiger partial charge in [0.2, 0.25) is 5.91 Å². The SMILES string of the molecule is CCC(N)(CC)C(=O)Nc1cc(C(=O)O)c(F)cc1F. The van der Waals surface area contributed by atoms with Crippen molar-refractivity contribution in [3.63, 3.8) is 0 Å². The lowest BCUT2D eigenvalue weighted by molar-refractivity contribution is -0.121. The zero-order valence-electron chi connectivity index (χ0n) is 11.2. The Bertz CT molecular complexity index is 543. The summed E-state index contributed by atoms with van der Waals surface area (Å²) in [6.07, 6.45) is 0.647. The van der Waals surface area contributed by atoms with Gasteiger partial charge in [-0.05, 0) is 18.9 Å². The van der Waals surface area contributed by atoms with Gasteiger partial charge < -0.3 is 16.2 Å². The number of carboxylic acid groups (broad SMARTS) is 1. The molecule has 1 aromatic rings. The molecule has 0 radical (unpaired) electrons. The molecule has 1 aromatic carbocycles. The second-order valence-electron chi connectivity index (χ2n) is 4.43. The molecule has 0 bridgehead atoms. The van der Waals surface area contributed by atoms with Crippen molar-refractivity contribution >= 4 is 17.6 Å². The van der Waals surface area contributed by atoms with Gasteiger partial charge in [0, 0.05) is 6.07 Å². The summed E-state index contributed by atoms with van der Waals surface area (Å²) in [4.78, 5) is 22.8. The van der Waals surface area contributed by atoms with Crippen LogP contribution in [0.25, 0.3) is 0 Å². The Labute approximate surface area is 114 Å². The third-order valence-corrected chi connectivity index (χ3v) is 3.25. The van der Waals surface area contributed by atoms with Gasteiger partial charge in [-0.1, -0.05) is 13.8 Å². The van der Waals surface area contributed by atoms with E-state index < -0.39 is 40.3 Å². The Hall–Kier alpha value is -2.02. The van der Waals surface area contributed by atoms with E-state index in [9.17, 15) is 18.4 Å². The fourth-order valence-corrected chi connectivity index (χ4v) is 1.63. The summed E-state index contributed by atoms with van der Waals surface area (Å²) in [6, 6.07) is 1.14. The second-order valence-corrected chi connectivity index (χ2v) is 4.43. The lowest BCUT2D eigenvalue weighted by Gasteiger charge is -2.25. The van der Waals surface area contributed by atoms with Crippen LogP contribution in [0, 0.1) is 11.6 Å². The lowest BCUT2D eigenvalue weighted by atomic mass is 9.93. The molecule has 0 atom stereocenters. The number of amides is 1. The molecule has 0 aliphatic rings. The quantitative estimate of drug-likeness (QED) is 0.773. The molecule has 0 aromatic heterocycles. The number of aromatic carboxylic acids is 1. The first kappa shape index (κ1) is 16.0. The number of carboxylic acids is 1. The molecule has 20 heavy (non-hydrogen) atoms. The first-order valence-electron chi connectivity index (χ1n) is 6.07. The van der Waals surface area contributed by atoms with E-state index in [1.54, 1.807) is 13.8 Å². The largest absolute Gasteiger partial charge is 0.478 e. The maximum absolute atomic E-state index is 13.6. The van der Waals surface area contributed by atoms with Crippen molar-refractivity contribution in [1.82, 2.24) is 0 Å². The van der Waals surface area contributed by atoms with E-state index in [1.807, 2.05) is 0 Å². The number of benzene rings is 1. The van der Waals surface area contributed by atoms with Crippen LogP contribution >= 0.6 is 0 Å². The van der Waals surface area contributed by atoms with E-state index in [1.165, 1.54) is 0 Å². The first-order chi connectivity index (χ1) is 9.25. The molecule has 0 aliphatic heterocycles. The number of halogens is 2. The molecular formula is C13H16F2N2O3. The average molecular weight is 286 g/mol. The number of anilines is 1. The average Bonchev–Trinajstić information content (AvgIpc) is 2.40. The predicted octanol–water partition coefficient (Wildman–Crippen LogP) is 2.12. The number of hydrogen-bond donors (Lipinski definition) is 3. The molecular weight excluding hydrogens is 270 g/mol. The van der Waals surface area contributed by atoms with Crippen molar-refractivity contribution < 1.29 is 23.5 Å². The smallest absolute Gasteiger partial charge is 0.338 e. The molecule has 1 amide bonds. The van der Waals surface area contributed by atoms with Crippen LogP contribution in [0.5, 0.6) is 0 Å². The zero-order chi connectivity index (χ0) is 15.5. The van der Waals surface area contributed by atoms with Gasteiger partial charge in [0.15, 0.2) is 0 Å². The van der Waals surface area contributed by atoms with Gasteiger partial charge in [0.25, 0.3) is 0 Å². The van der Waals surface area contributed by atoms with E-state index in [4.69, 9.17) is 10.8 Å². The van der Waals surface area contributed by atoms with Crippen LogP contribution in [0.1, 0.15) is 37.0 Å². The molecule has 7 heteroatoms. The fourth-order valence-electron chi connectivity index (χ4n) is 1.63. The Balaban J connectivity index is 3.13. The molecule has 0 aliphatic carbocycles. The van der Waals surface area contributed by atoms with E-state index in [-0.39, 0.29) is 0 Å². The van der Waals surface area contributed by atoms with Crippen molar-refractivity contribution in [1.29, 1.82) is 0 Å². The van der Waals surface area contributed by atoms with E-state index in [0.717, 1.165) is 6.07 Å². The topological polar surface area (TPSA) is 92.4 Å². The number of nitrogens with two attached hydrogens (primary N) is 1. The third kappa shape index (κ3) is 3.11. The number of carbonyl (C=O) groups excluding carboxylic acids is 1. The summed E-state index contributed by atoms with van der Waals surface area (Å²) < 4.78 is 26.8. The van der Waals surface area contributed by atoms with E-state index >= 15 is 0 Å². The number of nitrogens with one attached hydrogen (secondary N) is 1. The maximum atomic E-state index is 13.6. The van der Waals surface area contributed by atoms with Gasteiger partial charge >= 0.3 is 5.97 Å². The second kappa shape index (κ2) is 5.96. The van der Waals surface area contributed by atoms with Gasteiger partial charge in [0.1, 0.15) is 11.6 Å². The summed E-state index contributed by atoms with van der Waals surface area (Å²) in [5.74, 6) is -4.47. The molecule has 0 fully saturated rings. The maximum Gasteiger partial charge on any atom is 0.338 e. The molecule has 0 heterocycles.